The maximum atomic E-state index is 9.12. The second kappa shape index (κ2) is 3.75. The lowest BCUT2D eigenvalue weighted by Gasteiger charge is -2.35. The van der Waals surface area contributed by atoms with Crippen molar-refractivity contribution in [3.8, 4) is 0 Å². The van der Waals surface area contributed by atoms with Crippen molar-refractivity contribution >= 4 is 0 Å². The molecule has 12 heavy (non-hydrogen) atoms. The first-order valence-corrected chi connectivity index (χ1v) is 4.94. The topological polar surface area (TPSA) is 32.3 Å². The minimum Gasteiger partial charge on any atom is -0.379 e. The molecule has 0 aromatic carbocycles. The molecule has 0 amide bonds. The summed E-state index contributed by atoms with van der Waals surface area (Å²) in [6.45, 7) is 6.44. The highest BCUT2D eigenvalue weighted by Crippen LogP contribution is 2.34. The molecule has 1 atom stereocenters. The number of rotatable bonds is 2. The molecule has 0 aromatic heterocycles. The van der Waals surface area contributed by atoms with E-state index in [4.69, 9.17) is 5.11 Å². The van der Waals surface area contributed by atoms with Crippen LogP contribution in [0.5, 0.6) is 0 Å². The third-order valence-electron chi connectivity index (χ3n) is 2.82. The van der Waals surface area contributed by atoms with E-state index in [-0.39, 0.29) is 6.23 Å². The predicted molar refractivity (Wildman–Crippen MR) is 50.9 cm³/mol. The fraction of sp³-hybridized carbons (Fsp3) is 1.00. The van der Waals surface area contributed by atoms with Gasteiger partial charge in [0.1, 0.15) is 6.23 Å². The van der Waals surface area contributed by atoms with E-state index >= 15 is 0 Å². The minimum absolute atomic E-state index is 0.351. The van der Waals surface area contributed by atoms with Gasteiger partial charge in [0.25, 0.3) is 0 Å². The zero-order chi connectivity index (χ0) is 9.19. The van der Waals surface area contributed by atoms with E-state index in [1.807, 2.05) is 0 Å². The molecule has 2 nitrogen and oxygen atoms in total. The molecule has 0 bridgehead atoms. The second-order valence-corrected chi connectivity index (χ2v) is 4.78. The fourth-order valence-electron chi connectivity index (χ4n) is 1.91. The van der Waals surface area contributed by atoms with E-state index in [9.17, 15) is 0 Å². The lowest BCUT2D eigenvalue weighted by Crippen LogP contribution is -2.40. The van der Waals surface area contributed by atoms with Crippen molar-refractivity contribution in [2.45, 2.75) is 58.7 Å². The zero-order valence-electron chi connectivity index (χ0n) is 8.43. The quantitative estimate of drug-likeness (QED) is 0.622. The molecule has 2 heteroatoms. The molecule has 0 spiro atoms. The molecule has 1 saturated carbocycles. The number of hydrogen-bond donors (Lipinski definition) is 2. The number of nitrogens with one attached hydrogen (secondary N) is 1. The Kier molecular flexibility index (Phi) is 3.13. The van der Waals surface area contributed by atoms with Crippen molar-refractivity contribution < 1.29 is 5.11 Å². The Morgan fingerprint density at radius 2 is 1.83 bits per heavy atom. The van der Waals surface area contributed by atoms with Crippen molar-refractivity contribution in [1.29, 1.82) is 0 Å². The van der Waals surface area contributed by atoms with E-state index in [0.29, 0.717) is 11.5 Å². The predicted octanol–water partition coefficient (Wildman–Crippen LogP) is 1.88. The molecular weight excluding hydrogens is 150 g/mol. The van der Waals surface area contributed by atoms with Gasteiger partial charge in [-0.25, -0.2) is 0 Å². The second-order valence-electron chi connectivity index (χ2n) is 4.78. The lowest BCUT2D eigenvalue weighted by molar-refractivity contribution is 0.112. The largest absolute Gasteiger partial charge is 0.379 e. The van der Waals surface area contributed by atoms with Gasteiger partial charge in [-0.05, 0) is 38.0 Å². The van der Waals surface area contributed by atoms with E-state index < -0.39 is 0 Å². The first-order chi connectivity index (χ1) is 5.49. The standard InChI is InChI=1S/C10H21NO/c1-8(12)11-9-4-6-10(2,3)7-5-9/h8-9,11-12H,4-7H2,1-3H3. The Morgan fingerprint density at radius 1 is 1.33 bits per heavy atom. The third kappa shape index (κ3) is 3.11. The smallest absolute Gasteiger partial charge is 0.102 e. The summed E-state index contributed by atoms with van der Waals surface area (Å²) in [5, 5.41) is 12.3. The number of aliphatic hydroxyl groups excluding tert-OH is 1. The van der Waals surface area contributed by atoms with Gasteiger partial charge >= 0.3 is 0 Å². The number of hydrogen-bond acceptors (Lipinski definition) is 2. The van der Waals surface area contributed by atoms with Gasteiger partial charge in [-0.2, -0.15) is 0 Å². The highest BCUT2D eigenvalue weighted by atomic mass is 16.3. The van der Waals surface area contributed by atoms with Gasteiger partial charge in [-0.1, -0.05) is 13.8 Å². The van der Waals surface area contributed by atoms with Crippen molar-refractivity contribution in [1.82, 2.24) is 5.32 Å². The van der Waals surface area contributed by atoms with Crippen LogP contribution in [0.15, 0.2) is 0 Å². The molecule has 1 unspecified atom stereocenters. The molecule has 1 fully saturated rings. The number of aliphatic hydroxyl groups is 1. The molecule has 0 aromatic rings. The van der Waals surface area contributed by atoms with Gasteiger partial charge in [-0.3, -0.25) is 5.32 Å². The van der Waals surface area contributed by atoms with Gasteiger partial charge in [0.15, 0.2) is 0 Å². The highest BCUT2D eigenvalue weighted by molar-refractivity contribution is 4.82. The molecule has 1 aliphatic rings. The van der Waals surface area contributed by atoms with Gasteiger partial charge in [0, 0.05) is 6.04 Å². The summed E-state index contributed by atoms with van der Waals surface area (Å²) >= 11 is 0. The summed E-state index contributed by atoms with van der Waals surface area (Å²) in [4.78, 5) is 0. The van der Waals surface area contributed by atoms with Crippen LogP contribution in [0.1, 0.15) is 46.5 Å². The third-order valence-corrected chi connectivity index (χ3v) is 2.82. The van der Waals surface area contributed by atoms with E-state index in [1.165, 1.54) is 25.7 Å². The average Bonchev–Trinajstić information content (AvgIpc) is 1.93. The summed E-state index contributed by atoms with van der Waals surface area (Å²) < 4.78 is 0. The van der Waals surface area contributed by atoms with Crippen LogP contribution in [0, 0.1) is 5.41 Å². The first-order valence-electron chi connectivity index (χ1n) is 4.94. The van der Waals surface area contributed by atoms with Crippen LogP contribution < -0.4 is 5.32 Å². The monoisotopic (exact) mass is 171 g/mol. The summed E-state index contributed by atoms with van der Waals surface area (Å²) in [5.41, 5.74) is 0.525. The fourth-order valence-corrected chi connectivity index (χ4v) is 1.91. The van der Waals surface area contributed by atoms with Crippen molar-refractivity contribution in [2.24, 2.45) is 5.41 Å². The summed E-state index contributed by atoms with van der Waals surface area (Å²) in [6, 6.07) is 0.540. The van der Waals surface area contributed by atoms with Crippen molar-refractivity contribution in [3.05, 3.63) is 0 Å². The molecule has 0 heterocycles. The Bertz CT molecular complexity index is 133. The van der Waals surface area contributed by atoms with Crippen LogP contribution >= 0.6 is 0 Å². The molecule has 0 saturated heterocycles. The zero-order valence-corrected chi connectivity index (χ0v) is 8.43. The van der Waals surface area contributed by atoms with Gasteiger partial charge in [0.05, 0.1) is 0 Å². The van der Waals surface area contributed by atoms with Crippen LogP contribution in [-0.2, 0) is 0 Å². The molecule has 0 radical (unpaired) electrons. The Morgan fingerprint density at radius 3 is 2.25 bits per heavy atom. The SMILES string of the molecule is CC(O)NC1CCC(C)(C)CC1. The van der Waals surface area contributed by atoms with Crippen molar-refractivity contribution in [2.75, 3.05) is 0 Å². The van der Waals surface area contributed by atoms with Crippen molar-refractivity contribution in [3.63, 3.8) is 0 Å². The molecule has 0 aliphatic heterocycles. The van der Waals surface area contributed by atoms with Gasteiger partial charge < -0.3 is 5.11 Å². The van der Waals surface area contributed by atoms with E-state index in [2.05, 4.69) is 19.2 Å². The van der Waals surface area contributed by atoms with Gasteiger partial charge in [0.2, 0.25) is 0 Å². The molecular formula is C10H21NO. The van der Waals surface area contributed by atoms with Crippen LogP contribution in [0.4, 0.5) is 0 Å². The summed E-state index contributed by atoms with van der Waals surface area (Å²) in [7, 11) is 0. The molecule has 72 valence electrons. The normalized spacial score (nSPS) is 27.0. The molecule has 1 aliphatic carbocycles. The van der Waals surface area contributed by atoms with Crippen LogP contribution in [0.25, 0.3) is 0 Å². The minimum atomic E-state index is -0.351. The highest BCUT2D eigenvalue weighted by Gasteiger charge is 2.26. The molecule has 2 N–H and O–H groups in total. The van der Waals surface area contributed by atoms with E-state index in [0.717, 1.165) is 0 Å². The van der Waals surface area contributed by atoms with Crippen LogP contribution in [0.2, 0.25) is 0 Å². The summed E-state index contributed by atoms with van der Waals surface area (Å²) in [6.07, 6.45) is 4.61. The Hall–Kier alpha value is -0.0800. The maximum absolute atomic E-state index is 9.12. The lowest BCUT2D eigenvalue weighted by atomic mass is 9.75. The summed E-state index contributed by atoms with van der Waals surface area (Å²) in [5.74, 6) is 0. The average molecular weight is 171 g/mol. The van der Waals surface area contributed by atoms with Crippen LogP contribution in [0.3, 0.4) is 0 Å². The Labute approximate surface area is 75.4 Å². The molecule has 1 rings (SSSR count). The Balaban J connectivity index is 2.27. The van der Waals surface area contributed by atoms with Crippen LogP contribution in [-0.4, -0.2) is 17.4 Å². The van der Waals surface area contributed by atoms with E-state index in [1.54, 1.807) is 6.92 Å². The first kappa shape index (κ1) is 10.0. The van der Waals surface area contributed by atoms with Gasteiger partial charge in [-0.15, -0.1) is 0 Å². The maximum Gasteiger partial charge on any atom is 0.102 e.